The van der Waals surface area contributed by atoms with E-state index in [1.165, 1.54) is 21.3 Å². The van der Waals surface area contributed by atoms with Gasteiger partial charge in [-0.15, -0.1) is 10.2 Å². The van der Waals surface area contributed by atoms with Crippen LogP contribution in [0, 0.1) is 6.92 Å². The summed E-state index contributed by atoms with van der Waals surface area (Å²) in [6.45, 7) is 8.79. The van der Waals surface area contributed by atoms with Crippen LogP contribution in [0.1, 0.15) is 103 Å². The summed E-state index contributed by atoms with van der Waals surface area (Å²) in [6.07, 6.45) is 2.56. The predicted octanol–water partition coefficient (Wildman–Crippen LogP) is 8.77. The van der Waals surface area contributed by atoms with Crippen LogP contribution in [-0.4, -0.2) is 203 Å². The molecule has 25 nitrogen and oxygen atoms in total. The zero-order valence-corrected chi connectivity index (χ0v) is 58.0. The van der Waals surface area contributed by atoms with Crippen LogP contribution in [0.4, 0.5) is 0 Å². The van der Waals surface area contributed by atoms with Gasteiger partial charge in [-0.25, -0.2) is 4.79 Å². The molecule has 3 amide bonds. The van der Waals surface area contributed by atoms with Crippen LogP contribution < -0.4 is 43.8 Å². The van der Waals surface area contributed by atoms with Crippen molar-refractivity contribution < 1.29 is 85.5 Å². The number of halogens is 1. The third kappa shape index (κ3) is 21.5. The zero-order chi connectivity index (χ0) is 69.6. The van der Waals surface area contributed by atoms with Crippen molar-refractivity contribution in [2.75, 3.05) is 148 Å². The number of aliphatic imine (C=N–C) groups is 1. The number of amides is 3. The lowest BCUT2D eigenvalue weighted by molar-refractivity contribution is -0.162. The number of aryl methyl sites for hydroxylation is 2. The molecule has 2 N–H and O–H groups in total. The summed E-state index contributed by atoms with van der Waals surface area (Å²) in [7, 11) is 9.34. The second kappa shape index (κ2) is 39.7. The fourth-order valence-electron chi connectivity index (χ4n) is 11.5. The fourth-order valence-corrected chi connectivity index (χ4v) is 11.6. The van der Waals surface area contributed by atoms with Gasteiger partial charge in [0, 0.05) is 35.8 Å². The zero-order valence-electron chi connectivity index (χ0n) is 57.3. The molecule has 4 atom stereocenters. The molecule has 5 aromatic carbocycles. The van der Waals surface area contributed by atoms with Crippen LogP contribution in [0.2, 0.25) is 5.02 Å². The van der Waals surface area contributed by atoms with Crippen molar-refractivity contribution >= 4 is 41.0 Å². The standard InChI is InChI=1S/C72H92ClN7O18/c1-9-56(52-43-64(88-6)69(90-8)65(44-52)89-7)71(83)79-28-11-10-15-60(79)72(84)98-61(24-16-49-17-25-62(86-4)63(41-49)87-5)51-13-12-14-55(42-51)97-47-67(82)75-27-30-92-32-34-94-36-38-96-40-39-95-37-35-93-33-31-91-29-26-74-66(81)46-58-70-78-77-48(2)80(70)59-23-22-54(85-3)45-57(59)68(76-58)50-18-20-53(73)21-19-50/h12-14,17-23,25,41-45,56,58,60-61H,9-11,15-16,24,26-40,46-47H2,1-8H3,(H,74,81)(H,75,82)/t56-,58-,60-,61+/m0/s1. The van der Waals surface area contributed by atoms with Crippen molar-refractivity contribution in [3.05, 3.63) is 142 Å². The molecular formula is C72H92ClN7O18. The molecule has 98 heavy (non-hydrogen) atoms. The van der Waals surface area contributed by atoms with Crippen LogP contribution in [-0.2, 0) is 58.8 Å². The maximum Gasteiger partial charge on any atom is 0.329 e. The Hall–Kier alpha value is -8.56. The second-order valence-electron chi connectivity index (χ2n) is 22.9. The maximum absolute atomic E-state index is 14.6. The number of carbonyl (C=O) groups excluding carboxylic acids is 4. The number of benzene rings is 5. The van der Waals surface area contributed by atoms with E-state index < -0.39 is 30.1 Å². The first-order valence-electron chi connectivity index (χ1n) is 33.0. The van der Waals surface area contributed by atoms with E-state index in [0.717, 1.165) is 35.2 Å². The Balaban J connectivity index is 0.667. The van der Waals surface area contributed by atoms with Crippen LogP contribution in [0.25, 0.3) is 5.69 Å². The van der Waals surface area contributed by atoms with Gasteiger partial charge in [0.2, 0.25) is 17.6 Å². The Bertz CT molecular complexity index is 3530. The number of rotatable bonds is 42. The van der Waals surface area contributed by atoms with Crippen LogP contribution in [0.15, 0.2) is 102 Å². The molecule has 1 saturated heterocycles. The molecule has 0 aliphatic carbocycles. The van der Waals surface area contributed by atoms with E-state index in [0.29, 0.717) is 185 Å². The van der Waals surface area contributed by atoms with E-state index in [1.54, 1.807) is 56.6 Å². The summed E-state index contributed by atoms with van der Waals surface area (Å²) in [5.74, 6) is 2.89. The number of esters is 1. The SMILES string of the molecule is CC[C@H](C(=O)N1CCCC[C@H]1C(=O)O[C@H](CCc1ccc(OC)c(OC)c1)c1cccc(OCC(=O)NCCOCCOCCOCCOCCOCCOCCNC(=O)C[C@@H]2N=C(c3ccc(Cl)cc3)c3cc(OC)ccc3-n3c(C)nnc32)c1)c1cc(OC)c(OC)c(OC)c1. The van der Waals surface area contributed by atoms with Gasteiger partial charge in [0.05, 0.1) is 146 Å². The molecule has 8 rings (SSSR count). The van der Waals surface area contributed by atoms with Crippen molar-refractivity contribution in [3.8, 4) is 45.9 Å². The van der Waals surface area contributed by atoms with Gasteiger partial charge < -0.3 is 81.8 Å². The predicted molar refractivity (Wildman–Crippen MR) is 365 cm³/mol. The van der Waals surface area contributed by atoms with Crippen molar-refractivity contribution in [3.63, 3.8) is 0 Å². The highest BCUT2D eigenvalue weighted by Crippen LogP contribution is 2.42. The third-order valence-electron chi connectivity index (χ3n) is 16.5. The number of carbonyl (C=O) groups is 4. The van der Waals surface area contributed by atoms with Crippen LogP contribution >= 0.6 is 11.6 Å². The minimum absolute atomic E-state index is 0.0437. The highest BCUT2D eigenvalue weighted by Gasteiger charge is 2.39. The van der Waals surface area contributed by atoms with Gasteiger partial charge >= 0.3 is 5.97 Å². The maximum atomic E-state index is 14.6. The van der Waals surface area contributed by atoms with Crippen LogP contribution in [0.5, 0.6) is 40.2 Å². The Kier molecular flexibility index (Phi) is 30.5. The molecule has 530 valence electrons. The summed E-state index contributed by atoms with van der Waals surface area (Å²) in [6, 6.07) is 28.1. The minimum atomic E-state index is -0.820. The fraction of sp³-hybridized carbons (Fsp3) is 0.486. The average Bonchev–Trinajstić information content (AvgIpc) is 1.60. The molecule has 6 aromatic rings. The number of methoxy groups -OCH3 is 6. The molecule has 0 radical (unpaired) electrons. The molecule has 3 heterocycles. The number of piperidine rings is 1. The highest BCUT2D eigenvalue weighted by atomic mass is 35.5. The lowest BCUT2D eigenvalue weighted by Crippen LogP contribution is -2.50. The summed E-state index contributed by atoms with van der Waals surface area (Å²) in [5.41, 5.74) is 5.44. The Morgan fingerprint density at radius 2 is 1.23 bits per heavy atom. The molecule has 0 saturated carbocycles. The summed E-state index contributed by atoms with van der Waals surface area (Å²) in [5, 5.41) is 15.1. The van der Waals surface area contributed by atoms with Gasteiger partial charge in [-0.1, -0.05) is 48.9 Å². The number of hydrogen-bond acceptors (Lipinski definition) is 21. The minimum Gasteiger partial charge on any atom is -0.497 e. The molecule has 2 aliphatic heterocycles. The van der Waals surface area contributed by atoms with Gasteiger partial charge in [-0.05, 0) is 129 Å². The second-order valence-corrected chi connectivity index (χ2v) is 23.3. The number of ether oxygens (including phenoxy) is 14. The molecule has 1 aromatic heterocycles. The van der Waals surface area contributed by atoms with Crippen LogP contribution in [0.3, 0.4) is 0 Å². The first-order chi connectivity index (χ1) is 47.8. The molecule has 0 spiro atoms. The van der Waals surface area contributed by atoms with E-state index >= 15 is 0 Å². The normalized spacial score (nSPS) is 14.7. The summed E-state index contributed by atoms with van der Waals surface area (Å²) < 4.78 is 81.5. The summed E-state index contributed by atoms with van der Waals surface area (Å²) >= 11 is 6.24. The van der Waals surface area contributed by atoms with E-state index in [-0.39, 0.29) is 43.9 Å². The van der Waals surface area contributed by atoms with E-state index in [9.17, 15) is 19.2 Å². The molecular weight excluding hydrogens is 1290 g/mol. The number of nitrogens with zero attached hydrogens (tertiary/aromatic N) is 5. The van der Waals surface area contributed by atoms with Gasteiger partial charge in [-0.3, -0.25) is 23.9 Å². The van der Waals surface area contributed by atoms with E-state index in [1.807, 2.05) is 85.1 Å². The first kappa shape index (κ1) is 75.2. The molecule has 0 bridgehead atoms. The lowest BCUT2D eigenvalue weighted by Gasteiger charge is -2.37. The number of hydrogen-bond donors (Lipinski definition) is 2. The third-order valence-corrected chi connectivity index (χ3v) is 16.7. The first-order valence-corrected chi connectivity index (χ1v) is 33.4. The van der Waals surface area contributed by atoms with Gasteiger partial charge in [0.15, 0.2) is 35.4 Å². The topological polar surface area (TPSA) is 268 Å². The molecule has 1 fully saturated rings. The van der Waals surface area contributed by atoms with Crippen molar-refractivity contribution in [1.82, 2.24) is 30.3 Å². The van der Waals surface area contributed by atoms with Crippen molar-refractivity contribution in [2.24, 2.45) is 4.99 Å². The Labute approximate surface area is 577 Å². The van der Waals surface area contributed by atoms with Crippen molar-refractivity contribution in [1.29, 1.82) is 0 Å². The van der Waals surface area contributed by atoms with E-state index in [4.69, 9.17) is 82.9 Å². The van der Waals surface area contributed by atoms with Gasteiger partial charge in [-0.2, -0.15) is 0 Å². The Morgan fingerprint density at radius 3 is 1.84 bits per heavy atom. The average molecular weight is 1380 g/mol. The largest absolute Gasteiger partial charge is 0.497 e. The van der Waals surface area contributed by atoms with Crippen molar-refractivity contribution in [2.45, 2.75) is 82.9 Å². The number of fused-ring (bicyclic) bond motifs is 3. The summed E-state index contributed by atoms with van der Waals surface area (Å²) in [4.78, 5) is 62.0. The van der Waals surface area contributed by atoms with E-state index in [2.05, 4.69) is 20.8 Å². The molecule has 2 aliphatic rings. The number of likely N-dealkylation sites (tertiary alicyclic amines) is 1. The molecule has 26 heteroatoms. The van der Waals surface area contributed by atoms with Gasteiger partial charge in [0.1, 0.15) is 35.5 Å². The smallest absolute Gasteiger partial charge is 0.329 e. The highest BCUT2D eigenvalue weighted by molar-refractivity contribution is 6.30. The monoisotopic (exact) mass is 1380 g/mol. The Morgan fingerprint density at radius 1 is 0.612 bits per heavy atom. The lowest BCUT2D eigenvalue weighted by atomic mass is 9.91. The number of aromatic nitrogens is 3. The number of nitrogens with one attached hydrogen (secondary N) is 2. The molecule has 0 unspecified atom stereocenters. The van der Waals surface area contributed by atoms with Gasteiger partial charge in [0.25, 0.3) is 5.91 Å². The quantitative estimate of drug-likeness (QED) is 0.0268.